The standard InChI is InChI=1S/C14H19ClN2O3/c1-4-14(2,3)17-11(18)8-20-13(19)9-6-5-7-10(16)12(9)15/h5-7H,4,8,16H2,1-3H3,(H,17,18). The van der Waals surface area contributed by atoms with Gasteiger partial charge < -0.3 is 15.8 Å². The molecule has 0 heterocycles. The topological polar surface area (TPSA) is 81.4 Å². The van der Waals surface area contributed by atoms with E-state index in [4.69, 9.17) is 22.1 Å². The van der Waals surface area contributed by atoms with Crippen molar-refractivity contribution in [3.05, 3.63) is 28.8 Å². The summed E-state index contributed by atoms with van der Waals surface area (Å²) in [4.78, 5) is 23.5. The predicted octanol–water partition coefficient (Wildman–Crippen LogP) is 2.38. The molecule has 20 heavy (non-hydrogen) atoms. The number of anilines is 1. The minimum atomic E-state index is -0.674. The number of carbonyl (C=O) groups excluding carboxylic acids is 2. The summed E-state index contributed by atoms with van der Waals surface area (Å²) in [6, 6.07) is 4.67. The van der Waals surface area contributed by atoms with Crippen LogP contribution in [0, 0.1) is 0 Å². The number of ether oxygens (including phenoxy) is 1. The van der Waals surface area contributed by atoms with Crippen molar-refractivity contribution < 1.29 is 14.3 Å². The maximum absolute atomic E-state index is 11.8. The van der Waals surface area contributed by atoms with Crippen LogP contribution in [0.3, 0.4) is 0 Å². The molecule has 0 aliphatic heterocycles. The number of hydrogen-bond acceptors (Lipinski definition) is 4. The fourth-order valence-corrected chi connectivity index (χ4v) is 1.62. The summed E-state index contributed by atoms with van der Waals surface area (Å²) in [6.45, 7) is 5.38. The Labute approximate surface area is 123 Å². The first kappa shape index (κ1) is 16.3. The summed E-state index contributed by atoms with van der Waals surface area (Å²) in [6.07, 6.45) is 0.772. The Kier molecular flexibility index (Phi) is 5.39. The van der Waals surface area contributed by atoms with Gasteiger partial charge in [0.25, 0.3) is 5.91 Å². The van der Waals surface area contributed by atoms with Crippen molar-refractivity contribution in [2.24, 2.45) is 0 Å². The van der Waals surface area contributed by atoms with E-state index >= 15 is 0 Å². The van der Waals surface area contributed by atoms with E-state index in [2.05, 4.69) is 5.32 Å². The van der Waals surface area contributed by atoms with E-state index in [0.29, 0.717) is 0 Å². The van der Waals surface area contributed by atoms with Crippen LogP contribution in [0.1, 0.15) is 37.6 Å². The molecule has 0 aliphatic rings. The van der Waals surface area contributed by atoms with Crippen molar-refractivity contribution in [2.45, 2.75) is 32.7 Å². The molecule has 5 nitrogen and oxygen atoms in total. The van der Waals surface area contributed by atoms with E-state index in [1.54, 1.807) is 12.1 Å². The van der Waals surface area contributed by atoms with Gasteiger partial charge in [0, 0.05) is 5.54 Å². The number of benzene rings is 1. The number of esters is 1. The number of carbonyl (C=O) groups is 2. The van der Waals surface area contributed by atoms with Crippen LogP contribution in [0.15, 0.2) is 18.2 Å². The molecular formula is C14H19ClN2O3. The molecule has 0 saturated carbocycles. The van der Waals surface area contributed by atoms with E-state index in [1.165, 1.54) is 6.07 Å². The van der Waals surface area contributed by atoms with Gasteiger partial charge in [-0.2, -0.15) is 0 Å². The summed E-state index contributed by atoms with van der Waals surface area (Å²) in [5.74, 6) is -1.03. The molecule has 0 saturated heterocycles. The third-order valence-electron chi connectivity index (χ3n) is 2.94. The number of hydrogen-bond donors (Lipinski definition) is 2. The third kappa shape index (κ3) is 4.42. The number of halogens is 1. The predicted molar refractivity (Wildman–Crippen MR) is 78.7 cm³/mol. The van der Waals surface area contributed by atoms with Crippen LogP contribution < -0.4 is 11.1 Å². The fraction of sp³-hybridized carbons (Fsp3) is 0.429. The van der Waals surface area contributed by atoms with Crippen LogP contribution in [0.2, 0.25) is 5.02 Å². The number of rotatable bonds is 5. The first-order chi connectivity index (χ1) is 9.26. The molecule has 1 rings (SSSR count). The zero-order valence-electron chi connectivity index (χ0n) is 11.8. The molecule has 0 radical (unpaired) electrons. The summed E-state index contributed by atoms with van der Waals surface area (Å²) < 4.78 is 4.93. The number of nitrogens with two attached hydrogens (primary N) is 1. The van der Waals surface area contributed by atoms with E-state index in [9.17, 15) is 9.59 Å². The first-order valence-electron chi connectivity index (χ1n) is 6.29. The van der Waals surface area contributed by atoms with Gasteiger partial charge in [0.2, 0.25) is 0 Å². The maximum atomic E-state index is 11.8. The summed E-state index contributed by atoms with van der Waals surface area (Å²) in [5, 5.41) is 2.90. The Morgan fingerprint density at radius 3 is 2.65 bits per heavy atom. The summed E-state index contributed by atoms with van der Waals surface area (Å²) in [7, 11) is 0. The highest BCUT2D eigenvalue weighted by Gasteiger charge is 2.20. The lowest BCUT2D eigenvalue weighted by molar-refractivity contribution is -0.125. The Hall–Kier alpha value is -1.75. The van der Waals surface area contributed by atoms with E-state index in [0.717, 1.165) is 6.42 Å². The number of nitrogen functional groups attached to an aromatic ring is 1. The van der Waals surface area contributed by atoms with Crippen LogP contribution >= 0.6 is 11.6 Å². The van der Waals surface area contributed by atoms with Gasteiger partial charge in [-0.1, -0.05) is 24.6 Å². The Morgan fingerprint density at radius 1 is 1.40 bits per heavy atom. The molecular weight excluding hydrogens is 280 g/mol. The second kappa shape index (κ2) is 6.61. The van der Waals surface area contributed by atoms with Gasteiger partial charge in [-0.25, -0.2) is 4.79 Å². The summed E-state index contributed by atoms with van der Waals surface area (Å²) >= 11 is 5.91. The highest BCUT2D eigenvalue weighted by atomic mass is 35.5. The van der Waals surface area contributed by atoms with Crippen molar-refractivity contribution >= 4 is 29.2 Å². The smallest absolute Gasteiger partial charge is 0.340 e. The second-order valence-electron chi connectivity index (χ2n) is 5.07. The Balaban J connectivity index is 2.60. The average molecular weight is 299 g/mol. The molecule has 110 valence electrons. The molecule has 0 atom stereocenters. The lowest BCUT2D eigenvalue weighted by Gasteiger charge is -2.24. The van der Waals surface area contributed by atoms with Crippen molar-refractivity contribution in [1.29, 1.82) is 0 Å². The van der Waals surface area contributed by atoms with Crippen LogP contribution in [0.5, 0.6) is 0 Å². The quantitative estimate of drug-likeness (QED) is 0.646. The average Bonchev–Trinajstić information content (AvgIpc) is 2.38. The lowest BCUT2D eigenvalue weighted by atomic mass is 10.0. The Bertz CT molecular complexity index is 515. The molecule has 0 fully saturated rings. The number of amides is 1. The van der Waals surface area contributed by atoms with Crippen LogP contribution in [-0.2, 0) is 9.53 Å². The molecule has 0 bridgehead atoms. The first-order valence-corrected chi connectivity index (χ1v) is 6.66. The van der Waals surface area contributed by atoms with Crippen LogP contribution in [0.25, 0.3) is 0 Å². The zero-order chi connectivity index (χ0) is 15.3. The normalized spacial score (nSPS) is 11.0. The molecule has 0 spiro atoms. The van der Waals surface area contributed by atoms with Crippen molar-refractivity contribution in [1.82, 2.24) is 5.32 Å². The molecule has 1 aromatic carbocycles. The van der Waals surface area contributed by atoms with E-state index in [1.807, 2.05) is 20.8 Å². The van der Waals surface area contributed by atoms with E-state index in [-0.39, 0.29) is 34.3 Å². The lowest BCUT2D eigenvalue weighted by Crippen LogP contribution is -2.44. The van der Waals surface area contributed by atoms with Crippen molar-refractivity contribution in [3.8, 4) is 0 Å². The van der Waals surface area contributed by atoms with Gasteiger partial charge in [-0.15, -0.1) is 0 Å². The zero-order valence-corrected chi connectivity index (χ0v) is 12.6. The third-order valence-corrected chi connectivity index (χ3v) is 3.37. The monoisotopic (exact) mass is 298 g/mol. The number of nitrogens with one attached hydrogen (secondary N) is 1. The van der Waals surface area contributed by atoms with Gasteiger partial charge in [0.15, 0.2) is 6.61 Å². The van der Waals surface area contributed by atoms with Crippen LogP contribution in [-0.4, -0.2) is 24.0 Å². The molecule has 0 aliphatic carbocycles. The fourth-order valence-electron chi connectivity index (χ4n) is 1.42. The highest BCUT2D eigenvalue weighted by molar-refractivity contribution is 6.36. The van der Waals surface area contributed by atoms with Gasteiger partial charge >= 0.3 is 5.97 Å². The molecule has 0 aromatic heterocycles. The Morgan fingerprint density at radius 2 is 2.05 bits per heavy atom. The van der Waals surface area contributed by atoms with Gasteiger partial charge in [-0.05, 0) is 32.4 Å². The molecule has 6 heteroatoms. The molecule has 0 unspecified atom stereocenters. The van der Waals surface area contributed by atoms with Crippen LogP contribution in [0.4, 0.5) is 5.69 Å². The van der Waals surface area contributed by atoms with Gasteiger partial charge in [0.05, 0.1) is 16.3 Å². The minimum Gasteiger partial charge on any atom is -0.452 e. The van der Waals surface area contributed by atoms with Gasteiger partial charge in [-0.3, -0.25) is 4.79 Å². The second-order valence-corrected chi connectivity index (χ2v) is 5.45. The van der Waals surface area contributed by atoms with Crippen molar-refractivity contribution in [2.75, 3.05) is 12.3 Å². The maximum Gasteiger partial charge on any atom is 0.340 e. The summed E-state index contributed by atoms with van der Waals surface area (Å²) in [5.41, 5.74) is 5.70. The SMILES string of the molecule is CCC(C)(C)NC(=O)COC(=O)c1cccc(N)c1Cl. The largest absolute Gasteiger partial charge is 0.452 e. The molecule has 1 aromatic rings. The van der Waals surface area contributed by atoms with Gasteiger partial charge in [0.1, 0.15) is 0 Å². The highest BCUT2D eigenvalue weighted by Crippen LogP contribution is 2.23. The molecule has 1 amide bonds. The van der Waals surface area contributed by atoms with E-state index < -0.39 is 5.97 Å². The molecule has 3 N–H and O–H groups in total. The minimum absolute atomic E-state index is 0.131. The van der Waals surface area contributed by atoms with Crippen molar-refractivity contribution in [3.63, 3.8) is 0 Å².